The van der Waals surface area contributed by atoms with E-state index in [1.807, 2.05) is 13.8 Å². The lowest BCUT2D eigenvalue weighted by molar-refractivity contribution is -0.139. The van der Waals surface area contributed by atoms with Gasteiger partial charge in [-0.15, -0.1) is 0 Å². The van der Waals surface area contributed by atoms with Gasteiger partial charge in [0.1, 0.15) is 5.82 Å². The predicted octanol–water partition coefficient (Wildman–Crippen LogP) is 0.735. The summed E-state index contributed by atoms with van der Waals surface area (Å²) < 4.78 is 5.72. The summed E-state index contributed by atoms with van der Waals surface area (Å²) in [5.41, 5.74) is 0.0629. The van der Waals surface area contributed by atoms with Crippen molar-refractivity contribution in [2.75, 3.05) is 32.1 Å². The molecule has 6 heteroatoms. The molecule has 1 fully saturated rings. The number of hydrogen-bond donors (Lipinski definition) is 2. The largest absolute Gasteiger partial charge is 0.394 e. The Labute approximate surface area is 118 Å². The highest BCUT2D eigenvalue weighted by atomic mass is 16.5. The maximum atomic E-state index is 12.6. The Morgan fingerprint density at radius 3 is 3.05 bits per heavy atom. The van der Waals surface area contributed by atoms with Crippen molar-refractivity contribution < 1.29 is 14.6 Å². The van der Waals surface area contributed by atoms with Crippen LogP contribution in [0.5, 0.6) is 0 Å². The Bertz CT molecular complexity index is 490. The van der Waals surface area contributed by atoms with E-state index in [1.165, 1.54) is 0 Å². The number of nitrogens with one attached hydrogen (secondary N) is 1. The van der Waals surface area contributed by atoms with Gasteiger partial charge in [0.2, 0.25) is 0 Å². The molecule has 0 aliphatic carbocycles. The number of aliphatic hydroxyl groups is 1. The molecule has 0 bridgehead atoms. The normalized spacial score (nSPS) is 21.6. The van der Waals surface area contributed by atoms with E-state index in [0.29, 0.717) is 24.5 Å². The molecule has 1 atom stereocenters. The predicted molar refractivity (Wildman–Crippen MR) is 75.7 cm³/mol. The first-order valence-electron chi connectivity index (χ1n) is 6.67. The first-order chi connectivity index (χ1) is 9.46. The Hall–Kier alpha value is -1.66. The number of pyridine rings is 1. The van der Waals surface area contributed by atoms with Crippen LogP contribution in [-0.4, -0.2) is 59.3 Å². The molecule has 0 saturated carbocycles. The molecule has 2 N–H and O–H groups in total. The number of aliphatic hydroxyl groups excluding tert-OH is 1. The van der Waals surface area contributed by atoms with E-state index in [2.05, 4.69) is 10.3 Å². The quantitative estimate of drug-likeness (QED) is 0.853. The maximum absolute atomic E-state index is 12.6. The number of morpholine rings is 1. The third kappa shape index (κ3) is 3.08. The molecular weight excluding hydrogens is 258 g/mol. The minimum atomic E-state index is -0.469. The lowest BCUT2D eigenvalue weighted by Crippen LogP contribution is -2.55. The topological polar surface area (TPSA) is 74.7 Å². The van der Waals surface area contributed by atoms with Crippen LogP contribution in [0.15, 0.2) is 18.3 Å². The van der Waals surface area contributed by atoms with Crippen molar-refractivity contribution in [3.05, 3.63) is 23.9 Å². The van der Waals surface area contributed by atoms with Crippen LogP contribution in [0.3, 0.4) is 0 Å². The van der Waals surface area contributed by atoms with Gasteiger partial charge < -0.3 is 20.1 Å². The minimum Gasteiger partial charge on any atom is -0.394 e. The molecule has 0 radical (unpaired) electrons. The van der Waals surface area contributed by atoms with Gasteiger partial charge in [0.15, 0.2) is 0 Å². The standard InChI is InChI=1S/C14H21N3O3/c1-14(2)9-17(7-10(8-18)20-14)13(19)11-5-4-6-16-12(11)15-3/h4-6,10,18H,7-9H2,1-3H3,(H,15,16). The number of carbonyl (C=O) groups is 1. The number of nitrogens with zero attached hydrogens (tertiary/aromatic N) is 2. The second-order valence-corrected chi connectivity index (χ2v) is 5.52. The number of ether oxygens (including phenoxy) is 1. The Morgan fingerprint density at radius 2 is 2.40 bits per heavy atom. The first kappa shape index (κ1) is 14.7. The van der Waals surface area contributed by atoms with Crippen LogP contribution in [0.4, 0.5) is 5.82 Å². The molecule has 1 aliphatic heterocycles. The molecule has 1 unspecified atom stereocenters. The molecule has 1 aromatic heterocycles. The molecule has 1 saturated heterocycles. The van der Waals surface area contributed by atoms with E-state index in [4.69, 9.17) is 4.74 Å². The van der Waals surface area contributed by atoms with Crippen LogP contribution in [0.1, 0.15) is 24.2 Å². The molecule has 1 aliphatic rings. The van der Waals surface area contributed by atoms with Gasteiger partial charge in [-0.05, 0) is 26.0 Å². The molecule has 20 heavy (non-hydrogen) atoms. The number of rotatable bonds is 3. The minimum absolute atomic E-state index is 0.0981. The number of aromatic nitrogens is 1. The molecule has 6 nitrogen and oxygen atoms in total. The van der Waals surface area contributed by atoms with E-state index in [0.717, 1.165) is 0 Å². The van der Waals surface area contributed by atoms with Crippen molar-refractivity contribution in [3.63, 3.8) is 0 Å². The van der Waals surface area contributed by atoms with Gasteiger partial charge in [-0.2, -0.15) is 0 Å². The van der Waals surface area contributed by atoms with Crippen molar-refractivity contribution in [3.8, 4) is 0 Å². The zero-order chi connectivity index (χ0) is 14.8. The molecule has 0 aromatic carbocycles. The van der Waals surface area contributed by atoms with Crippen molar-refractivity contribution in [2.45, 2.75) is 25.6 Å². The zero-order valence-electron chi connectivity index (χ0n) is 12.1. The second kappa shape index (κ2) is 5.76. The van der Waals surface area contributed by atoms with Crippen LogP contribution in [0, 0.1) is 0 Å². The number of anilines is 1. The lowest BCUT2D eigenvalue weighted by atomic mass is 10.0. The van der Waals surface area contributed by atoms with Crippen LogP contribution >= 0.6 is 0 Å². The SMILES string of the molecule is CNc1ncccc1C(=O)N1CC(CO)OC(C)(C)C1. The smallest absolute Gasteiger partial charge is 0.257 e. The van der Waals surface area contributed by atoms with Crippen molar-refractivity contribution >= 4 is 11.7 Å². The van der Waals surface area contributed by atoms with Crippen molar-refractivity contribution in [1.82, 2.24) is 9.88 Å². The van der Waals surface area contributed by atoms with Gasteiger partial charge in [0.25, 0.3) is 5.91 Å². The van der Waals surface area contributed by atoms with Crippen LogP contribution in [0.2, 0.25) is 0 Å². The highest BCUT2D eigenvalue weighted by Crippen LogP contribution is 2.23. The summed E-state index contributed by atoms with van der Waals surface area (Å²) in [6.45, 7) is 4.60. The molecule has 2 heterocycles. The van der Waals surface area contributed by atoms with Gasteiger partial charge >= 0.3 is 0 Å². The molecule has 110 valence electrons. The van der Waals surface area contributed by atoms with Gasteiger partial charge in [0, 0.05) is 26.3 Å². The second-order valence-electron chi connectivity index (χ2n) is 5.52. The fraction of sp³-hybridized carbons (Fsp3) is 0.571. The molecule has 1 amide bonds. The fourth-order valence-corrected chi connectivity index (χ4v) is 2.49. The number of carbonyl (C=O) groups excluding carboxylic acids is 1. The molecule has 1 aromatic rings. The highest BCUT2D eigenvalue weighted by Gasteiger charge is 2.36. The summed E-state index contributed by atoms with van der Waals surface area (Å²) in [7, 11) is 1.74. The Balaban J connectivity index is 2.23. The molecule has 2 rings (SSSR count). The average molecular weight is 279 g/mol. The van der Waals surface area contributed by atoms with Gasteiger partial charge in [0.05, 0.1) is 23.9 Å². The summed E-state index contributed by atoms with van der Waals surface area (Å²) >= 11 is 0. The maximum Gasteiger partial charge on any atom is 0.257 e. The zero-order valence-corrected chi connectivity index (χ0v) is 12.1. The lowest BCUT2D eigenvalue weighted by Gasteiger charge is -2.42. The van der Waals surface area contributed by atoms with Crippen LogP contribution in [-0.2, 0) is 4.74 Å². The average Bonchev–Trinajstić information content (AvgIpc) is 2.44. The highest BCUT2D eigenvalue weighted by molar-refractivity contribution is 5.98. The van der Waals surface area contributed by atoms with E-state index in [1.54, 1.807) is 30.3 Å². The molecule has 0 spiro atoms. The van der Waals surface area contributed by atoms with Crippen molar-refractivity contribution in [1.29, 1.82) is 0 Å². The van der Waals surface area contributed by atoms with Gasteiger partial charge in [-0.25, -0.2) is 4.98 Å². The van der Waals surface area contributed by atoms with Crippen molar-refractivity contribution in [2.24, 2.45) is 0 Å². The Morgan fingerprint density at radius 1 is 1.65 bits per heavy atom. The van der Waals surface area contributed by atoms with Gasteiger partial charge in [-0.3, -0.25) is 4.79 Å². The Kier molecular flexibility index (Phi) is 4.25. The summed E-state index contributed by atoms with van der Waals surface area (Å²) in [6, 6.07) is 3.49. The van der Waals surface area contributed by atoms with E-state index in [9.17, 15) is 9.90 Å². The first-order valence-corrected chi connectivity index (χ1v) is 6.67. The summed E-state index contributed by atoms with van der Waals surface area (Å²) in [5.74, 6) is 0.458. The third-order valence-corrected chi connectivity index (χ3v) is 3.25. The van der Waals surface area contributed by atoms with E-state index in [-0.39, 0.29) is 18.6 Å². The molecular formula is C14H21N3O3. The summed E-state index contributed by atoms with van der Waals surface area (Å²) in [4.78, 5) is 18.5. The number of amides is 1. The van der Waals surface area contributed by atoms with Gasteiger partial charge in [-0.1, -0.05) is 0 Å². The van der Waals surface area contributed by atoms with E-state index < -0.39 is 5.60 Å². The van der Waals surface area contributed by atoms with Crippen LogP contribution < -0.4 is 5.32 Å². The number of hydrogen-bond acceptors (Lipinski definition) is 5. The third-order valence-electron chi connectivity index (χ3n) is 3.25. The van der Waals surface area contributed by atoms with Crippen LogP contribution in [0.25, 0.3) is 0 Å². The monoisotopic (exact) mass is 279 g/mol. The summed E-state index contributed by atoms with van der Waals surface area (Å²) in [5, 5.41) is 12.2. The van der Waals surface area contributed by atoms with E-state index >= 15 is 0 Å². The summed E-state index contributed by atoms with van der Waals surface area (Å²) in [6.07, 6.45) is 1.29. The fourth-order valence-electron chi connectivity index (χ4n) is 2.49.